The third kappa shape index (κ3) is 4.62. The molecule has 2 amide bonds. The number of hydrogen-bond donors (Lipinski definition) is 1. The fourth-order valence-electron chi connectivity index (χ4n) is 4.82. The summed E-state index contributed by atoms with van der Waals surface area (Å²) >= 11 is 0. The molecule has 0 aliphatic carbocycles. The second-order valence-electron chi connectivity index (χ2n) is 8.48. The lowest BCUT2D eigenvalue weighted by Crippen LogP contribution is -2.73. The molecule has 3 heterocycles. The number of aliphatic hydroxyl groups is 1. The maximum absolute atomic E-state index is 12.9. The minimum Gasteiger partial charge on any atom is -0.394 e. The molecule has 3 aliphatic heterocycles. The average molecular weight is 426 g/mol. The summed E-state index contributed by atoms with van der Waals surface area (Å²) in [5.74, 6) is 6.25. The van der Waals surface area contributed by atoms with Crippen LogP contribution >= 0.6 is 0 Å². The van der Waals surface area contributed by atoms with Gasteiger partial charge in [-0.15, -0.1) is 0 Å². The van der Waals surface area contributed by atoms with Crippen molar-refractivity contribution in [1.29, 1.82) is 0 Å². The Balaban J connectivity index is 1.45. The number of carbonyl (C=O) groups is 2. The monoisotopic (exact) mass is 425 g/mol. The van der Waals surface area contributed by atoms with Gasteiger partial charge in [-0.1, -0.05) is 30.9 Å². The van der Waals surface area contributed by atoms with E-state index in [0.29, 0.717) is 26.3 Å². The predicted molar refractivity (Wildman–Crippen MR) is 116 cm³/mol. The van der Waals surface area contributed by atoms with Crippen LogP contribution in [0.25, 0.3) is 0 Å². The first-order valence-electron chi connectivity index (χ1n) is 11.2. The Bertz CT molecular complexity index is 854. The van der Waals surface area contributed by atoms with E-state index < -0.39 is 0 Å². The van der Waals surface area contributed by atoms with Crippen LogP contribution in [0.5, 0.6) is 0 Å². The highest BCUT2D eigenvalue weighted by atomic mass is 16.5. The average Bonchev–Trinajstić information content (AvgIpc) is 2.77. The van der Waals surface area contributed by atoms with Gasteiger partial charge in [0.25, 0.3) is 0 Å². The van der Waals surface area contributed by atoms with E-state index in [1.807, 2.05) is 24.3 Å². The molecule has 7 heteroatoms. The quantitative estimate of drug-likeness (QED) is 0.702. The van der Waals surface area contributed by atoms with Crippen LogP contribution in [-0.2, 0) is 14.3 Å². The van der Waals surface area contributed by atoms with Gasteiger partial charge in [-0.25, -0.2) is 0 Å². The second-order valence-corrected chi connectivity index (χ2v) is 8.48. The highest BCUT2D eigenvalue weighted by Gasteiger charge is 2.54. The summed E-state index contributed by atoms with van der Waals surface area (Å²) in [4.78, 5) is 31.2. The number of piperazine rings is 1. The van der Waals surface area contributed by atoms with E-state index in [0.717, 1.165) is 37.1 Å². The molecule has 1 aromatic rings. The first-order chi connectivity index (χ1) is 15.1. The molecule has 1 aromatic carbocycles. The maximum atomic E-state index is 12.9. The van der Waals surface area contributed by atoms with Gasteiger partial charge < -0.3 is 19.6 Å². The topological polar surface area (TPSA) is 73.3 Å². The van der Waals surface area contributed by atoms with Crippen molar-refractivity contribution in [3.8, 4) is 11.8 Å². The number of benzene rings is 1. The number of hydrogen-bond acceptors (Lipinski definition) is 5. The smallest absolute Gasteiger partial charge is 0.242 e. The van der Waals surface area contributed by atoms with E-state index in [1.165, 1.54) is 0 Å². The van der Waals surface area contributed by atoms with Crippen LogP contribution in [0.15, 0.2) is 24.3 Å². The summed E-state index contributed by atoms with van der Waals surface area (Å²) in [6.45, 7) is 5.72. The number of amides is 2. The molecular formula is C24H31N3O4. The largest absolute Gasteiger partial charge is 0.394 e. The highest BCUT2D eigenvalue weighted by molar-refractivity contribution is 5.88. The maximum Gasteiger partial charge on any atom is 0.242 e. The Morgan fingerprint density at radius 1 is 1.23 bits per heavy atom. The molecule has 0 saturated carbocycles. The lowest BCUT2D eigenvalue weighted by molar-refractivity contribution is -0.167. The van der Waals surface area contributed by atoms with E-state index >= 15 is 0 Å². The molecule has 0 aromatic heterocycles. The molecule has 7 nitrogen and oxygen atoms in total. The number of morpholine rings is 1. The molecule has 3 atom stereocenters. The highest BCUT2D eigenvalue weighted by Crippen LogP contribution is 2.42. The van der Waals surface area contributed by atoms with Crippen molar-refractivity contribution >= 4 is 11.8 Å². The molecular weight excluding hydrogens is 394 g/mol. The van der Waals surface area contributed by atoms with Crippen molar-refractivity contribution in [2.45, 2.75) is 37.8 Å². The van der Waals surface area contributed by atoms with Crippen molar-refractivity contribution in [2.75, 3.05) is 52.5 Å². The van der Waals surface area contributed by atoms with Crippen LogP contribution < -0.4 is 0 Å². The number of carbonyl (C=O) groups excluding carboxylic acids is 2. The summed E-state index contributed by atoms with van der Waals surface area (Å²) < 4.78 is 5.35. The SMILES string of the molecule is CCCC#Cc1ccc([C@H]2[C@@H](CO)N3C(=O)CN(C(=O)CN4CCOCC4)C[C@H]23)cc1. The Morgan fingerprint density at radius 3 is 2.65 bits per heavy atom. The second kappa shape index (κ2) is 9.82. The molecule has 0 unspecified atom stereocenters. The normalized spacial score (nSPS) is 26.0. The van der Waals surface area contributed by atoms with Gasteiger partial charge in [0.05, 0.1) is 45.0 Å². The van der Waals surface area contributed by atoms with E-state index in [2.05, 4.69) is 23.7 Å². The van der Waals surface area contributed by atoms with Gasteiger partial charge in [-0.3, -0.25) is 14.5 Å². The molecule has 3 fully saturated rings. The molecule has 0 radical (unpaired) electrons. The number of ether oxygens (including phenoxy) is 1. The Labute approximate surface area is 183 Å². The van der Waals surface area contributed by atoms with Crippen molar-refractivity contribution in [3.05, 3.63) is 35.4 Å². The summed E-state index contributed by atoms with van der Waals surface area (Å²) in [6.07, 6.45) is 1.92. The van der Waals surface area contributed by atoms with E-state index in [9.17, 15) is 14.7 Å². The molecule has 31 heavy (non-hydrogen) atoms. The fraction of sp³-hybridized carbons (Fsp3) is 0.583. The first-order valence-corrected chi connectivity index (χ1v) is 11.2. The van der Waals surface area contributed by atoms with Crippen molar-refractivity contribution in [2.24, 2.45) is 0 Å². The van der Waals surface area contributed by atoms with E-state index in [1.54, 1.807) is 9.80 Å². The molecule has 166 valence electrons. The number of aliphatic hydroxyl groups excluding tert-OH is 1. The van der Waals surface area contributed by atoms with Crippen LogP contribution in [0.1, 0.15) is 36.8 Å². The minimum atomic E-state index is -0.231. The zero-order valence-corrected chi connectivity index (χ0v) is 18.1. The summed E-state index contributed by atoms with van der Waals surface area (Å²) in [5, 5.41) is 9.95. The van der Waals surface area contributed by atoms with Crippen LogP contribution in [0, 0.1) is 11.8 Å². The van der Waals surface area contributed by atoms with Crippen molar-refractivity contribution in [1.82, 2.24) is 14.7 Å². The van der Waals surface area contributed by atoms with E-state index in [4.69, 9.17) is 4.74 Å². The van der Waals surface area contributed by atoms with Gasteiger partial charge in [0, 0.05) is 37.5 Å². The van der Waals surface area contributed by atoms with Gasteiger partial charge in [-0.05, 0) is 24.1 Å². The summed E-state index contributed by atoms with van der Waals surface area (Å²) in [6, 6.07) is 7.76. The van der Waals surface area contributed by atoms with Gasteiger partial charge in [-0.2, -0.15) is 0 Å². The molecule has 3 saturated heterocycles. The lowest BCUT2D eigenvalue weighted by atomic mass is 9.73. The van der Waals surface area contributed by atoms with Crippen LogP contribution in [0.4, 0.5) is 0 Å². The van der Waals surface area contributed by atoms with Gasteiger partial charge >= 0.3 is 0 Å². The minimum absolute atomic E-state index is 0.0114. The Hall–Kier alpha value is -2.40. The zero-order chi connectivity index (χ0) is 21.8. The molecule has 1 N–H and O–H groups in total. The molecule has 3 aliphatic rings. The molecule has 0 bridgehead atoms. The summed E-state index contributed by atoms with van der Waals surface area (Å²) in [5.41, 5.74) is 2.05. The fourth-order valence-corrected chi connectivity index (χ4v) is 4.82. The zero-order valence-electron chi connectivity index (χ0n) is 18.1. The van der Waals surface area contributed by atoms with E-state index in [-0.39, 0.29) is 43.0 Å². The Kier molecular flexibility index (Phi) is 6.91. The van der Waals surface area contributed by atoms with Crippen molar-refractivity contribution in [3.63, 3.8) is 0 Å². The Morgan fingerprint density at radius 2 is 1.97 bits per heavy atom. The summed E-state index contributed by atoms with van der Waals surface area (Å²) in [7, 11) is 0. The number of rotatable bonds is 5. The molecule has 0 spiro atoms. The van der Waals surface area contributed by atoms with Gasteiger partial charge in [0.1, 0.15) is 0 Å². The van der Waals surface area contributed by atoms with Crippen molar-refractivity contribution < 1.29 is 19.4 Å². The van der Waals surface area contributed by atoms with Gasteiger partial charge in [0.15, 0.2) is 0 Å². The van der Waals surface area contributed by atoms with Crippen LogP contribution in [0.2, 0.25) is 0 Å². The van der Waals surface area contributed by atoms with Crippen LogP contribution in [0.3, 0.4) is 0 Å². The third-order valence-electron chi connectivity index (χ3n) is 6.47. The van der Waals surface area contributed by atoms with Gasteiger partial charge in [0.2, 0.25) is 11.8 Å². The lowest BCUT2D eigenvalue weighted by Gasteiger charge is -2.58. The first kappa shape index (κ1) is 21.8. The standard InChI is InChI=1S/C24H31N3O4/c1-2-3-4-5-18-6-8-19(9-7-18)24-20-14-26(16-23(30)27(20)21(24)17-28)22(29)15-25-10-12-31-13-11-25/h6-9,20-21,24,28H,2-3,10-17H2,1H3/t20-,21-,24-/m1/s1. The number of nitrogens with zero attached hydrogens (tertiary/aromatic N) is 3. The number of fused-ring (bicyclic) bond motifs is 1. The van der Waals surface area contributed by atoms with Crippen LogP contribution in [-0.4, -0.2) is 96.2 Å². The predicted octanol–water partition coefficient (Wildman–Crippen LogP) is 0.668. The number of unbranched alkanes of at least 4 members (excludes halogenated alkanes) is 1. The molecule has 4 rings (SSSR count). The third-order valence-corrected chi connectivity index (χ3v) is 6.47.